The van der Waals surface area contributed by atoms with Gasteiger partial charge in [0, 0.05) is 12.2 Å². The topological polar surface area (TPSA) is 23.8 Å². The van der Waals surface area contributed by atoms with E-state index in [4.69, 9.17) is 5.26 Å². The molecular formula is C10H16F3NS. The molecule has 0 aromatic heterocycles. The lowest BCUT2D eigenvalue weighted by Gasteiger charge is -2.16. The molecule has 0 aromatic carbocycles. The number of hydrogen-bond acceptors (Lipinski definition) is 2. The Bertz CT molecular complexity index is 198. The monoisotopic (exact) mass is 239 g/mol. The predicted molar refractivity (Wildman–Crippen MR) is 56.4 cm³/mol. The Balaban J connectivity index is 3.78. The van der Waals surface area contributed by atoms with Crippen LogP contribution in [0.25, 0.3) is 0 Å². The zero-order chi connectivity index (χ0) is 11.7. The molecule has 0 aliphatic heterocycles. The maximum Gasteiger partial charge on any atom is 0.389 e. The largest absolute Gasteiger partial charge is 0.389 e. The minimum Gasteiger partial charge on any atom is -0.185 e. The van der Waals surface area contributed by atoms with Gasteiger partial charge >= 0.3 is 6.18 Å². The summed E-state index contributed by atoms with van der Waals surface area (Å²) in [7, 11) is 0. The Morgan fingerprint density at radius 2 is 1.93 bits per heavy atom. The fourth-order valence-corrected chi connectivity index (χ4v) is 2.02. The van der Waals surface area contributed by atoms with Crippen LogP contribution in [0.15, 0.2) is 0 Å². The number of nitrogens with zero attached hydrogens (tertiary/aromatic N) is 1. The van der Waals surface area contributed by atoms with Gasteiger partial charge in [-0.15, -0.1) is 0 Å². The smallest absolute Gasteiger partial charge is 0.185 e. The summed E-state index contributed by atoms with van der Waals surface area (Å²) in [6, 6.07) is 0. The third-order valence-electron chi connectivity index (χ3n) is 2.23. The van der Waals surface area contributed by atoms with E-state index in [1.165, 1.54) is 0 Å². The van der Waals surface area contributed by atoms with Crippen molar-refractivity contribution in [3.8, 4) is 5.40 Å². The molecule has 88 valence electrons. The van der Waals surface area contributed by atoms with Gasteiger partial charge in [0.05, 0.1) is 0 Å². The van der Waals surface area contributed by atoms with Gasteiger partial charge in [-0.1, -0.05) is 19.8 Å². The molecular weight excluding hydrogens is 223 g/mol. The summed E-state index contributed by atoms with van der Waals surface area (Å²) in [4.78, 5) is 0. The summed E-state index contributed by atoms with van der Waals surface area (Å²) < 4.78 is 36.0. The molecule has 0 amide bonds. The molecule has 0 saturated heterocycles. The molecule has 0 aliphatic carbocycles. The van der Waals surface area contributed by atoms with E-state index in [0.717, 1.165) is 24.6 Å². The third-order valence-corrected chi connectivity index (χ3v) is 2.79. The molecule has 1 unspecified atom stereocenters. The zero-order valence-corrected chi connectivity index (χ0v) is 9.63. The van der Waals surface area contributed by atoms with Crippen molar-refractivity contribution in [2.24, 2.45) is 5.92 Å². The van der Waals surface area contributed by atoms with Gasteiger partial charge in [0.15, 0.2) is 0 Å². The van der Waals surface area contributed by atoms with Gasteiger partial charge in [-0.25, -0.2) is 0 Å². The molecule has 0 spiro atoms. The zero-order valence-electron chi connectivity index (χ0n) is 8.81. The first kappa shape index (κ1) is 14.6. The molecule has 0 aromatic rings. The van der Waals surface area contributed by atoms with Crippen LogP contribution in [0.5, 0.6) is 0 Å². The number of alkyl halides is 3. The van der Waals surface area contributed by atoms with Crippen molar-refractivity contribution in [3.63, 3.8) is 0 Å². The Morgan fingerprint density at radius 3 is 2.40 bits per heavy atom. The Morgan fingerprint density at radius 1 is 1.27 bits per heavy atom. The normalized spacial score (nSPS) is 13.5. The highest BCUT2D eigenvalue weighted by atomic mass is 32.2. The summed E-state index contributed by atoms with van der Waals surface area (Å²) >= 11 is 1.12. The van der Waals surface area contributed by atoms with Crippen LogP contribution in [-0.4, -0.2) is 11.9 Å². The quantitative estimate of drug-likeness (QED) is 0.487. The Kier molecular flexibility index (Phi) is 7.67. The first-order valence-electron chi connectivity index (χ1n) is 5.07. The SMILES string of the molecule is CCCC(CCSC#N)CCC(F)(F)F. The average Bonchev–Trinajstić information content (AvgIpc) is 2.13. The van der Waals surface area contributed by atoms with Crippen molar-refractivity contribution >= 4 is 11.8 Å². The third kappa shape index (κ3) is 9.92. The van der Waals surface area contributed by atoms with Crippen LogP contribution >= 0.6 is 11.8 Å². The lowest BCUT2D eigenvalue weighted by molar-refractivity contribution is -0.137. The summed E-state index contributed by atoms with van der Waals surface area (Å²) in [6.45, 7) is 1.97. The molecule has 0 N–H and O–H groups in total. The molecule has 0 fully saturated rings. The molecule has 0 radical (unpaired) electrons. The lowest BCUT2D eigenvalue weighted by atomic mass is 9.95. The number of hydrogen-bond donors (Lipinski definition) is 0. The minimum absolute atomic E-state index is 0.109. The number of thiocyanates is 1. The fourth-order valence-electron chi connectivity index (χ4n) is 1.48. The number of nitriles is 1. The number of rotatable bonds is 7. The first-order valence-corrected chi connectivity index (χ1v) is 6.05. The van der Waals surface area contributed by atoms with E-state index in [1.807, 2.05) is 12.3 Å². The van der Waals surface area contributed by atoms with E-state index in [0.29, 0.717) is 12.2 Å². The van der Waals surface area contributed by atoms with Crippen LogP contribution < -0.4 is 0 Å². The van der Waals surface area contributed by atoms with Crippen LogP contribution in [0, 0.1) is 16.6 Å². The van der Waals surface area contributed by atoms with Crippen LogP contribution in [-0.2, 0) is 0 Å². The van der Waals surface area contributed by atoms with E-state index in [2.05, 4.69) is 0 Å². The van der Waals surface area contributed by atoms with Crippen molar-refractivity contribution in [2.75, 3.05) is 5.75 Å². The summed E-state index contributed by atoms with van der Waals surface area (Å²) in [6.07, 6.45) is -2.11. The molecule has 15 heavy (non-hydrogen) atoms. The van der Waals surface area contributed by atoms with Crippen molar-refractivity contribution in [3.05, 3.63) is 0 Å². The molecule has 1 atom stereocenters. The van der Waals surface area contributed by atoms with Crippen molar-refractivity contribution in [1.29, 1.82) is 5.26 Å². The molecule has 0 aliphatic rings. The van der Waals surface area contributed by atoms with Gasteiger partial charge in [0.1, 0.15) is 5.40 Å². The summed E-state index contributed by atoms with van der Waals surface area (Å²) in [5.41, 5.74) is 0. The van der Waals surface area contributed by atoms with Gasteiger partial charge in [0.2, 0.25) is 0 Å². The van der Waals surface area contributed by atoms with Gasteiger partial charge in [-0.05, 0) is 30.5 Å². The maximum atomic E-state index is 12.0. The standard InChI is InChI=1S/C10H16F3NS/c1-2-3-9(5-7-15-8-14)4-6-10(11,12)13/h9H,2-7H2,1H3. The van der Waals surface area contributed by atoms with Gasteiger partial charge in [-0.2, -0.15) is 18.4 Å². The average molecular weight is 239 g/mol. The van der Waals surface area contributed by atoms with Crippen molar-refractivity contribution < 1.29 is 13.2 Å². The van der Waals surface area contributed by atoms with E-state index in [-0.39, 0.29) is 12.3 Å². The number of halogens is 3. The van der Waals surface area contributed by atoms with Crippen molar-refractivity contribution in [2.45, 2.75) is 45.2 Å². The molecule has 1 nitrogen and oxygen atoms in total. The molecule has 0 heterocycles. The minimum atomic E-state index is -4.05. The van der Waals surface area contributed by atoms with Crippen LogP contribution in [0.3, 0.4) is 0 Å². The second kappa shape index (κ2) is 7.86. The van der Waals surface area contributed by atoms with Crippen molar-refractivity contribution in [1.82, 2.24) is 0 Å². The fraction of sp³-hybridized carbons (Fsp3) is 0.900. The van der Waals surface area contributed by atoms with Gasteiger partial charge in [-0.3, -0.25) is 0 Å². The second-order valence-electron chi connectivity index (χ2n) is 3.54. The Hall–Kier alpha value is -0.370. The molecule has 0 saturated carbocycles. The maximum absolute atomic E-state index is 12.0. The lowest BCUT2D eigenvalue weighted by Crippen LogP contribution is -2.11. The predicted octanol–water partition coefficient (Wildman–Crippen LogP) is 4.35. The molecule has 0 rings (SSSR count). The molecule has 5 heteroatoms. The summed E-state index contributed by atoms with van der Waals surface area (Å²) in [5.74, 6) is 0.747. The highest BCUT2D eigenvalue weighted by Crippen LogP contribution is 2.28. The van der Waals surface area contributed by atoms with Crippen LogP contribution in [0.2, 0.25) is 0 Å². The highest BCUT2D eigenvalue weighted by Gasteiger charge is 2.27. The first-order chi connectivity index (χ1) is 6.99. The van der Waals surface area contributed by atoms with E-state index >= 15 is 0 Å². The van der Waals surface area contributed by atoms with Crippen LogP contribution in [0.1, 0.15) is 39.0 Å². The summed E-state index contributed by atoms with van der Waals surface area (Å²) in [5, 5.41) is 10.2. The van der Waals surface area contributed by atoms with Crippen LogP contribution in [0.4, 0.5) is 13.2 Å². The van der Waals surface area contributed by atoms with E-state index in [1.54, 1.807) is 0 Å². The van der Waals surface area contributed by atoms with Gasteiger partial charge in [0.25, 0.3) is 0 Å². The second-order valence-corrected chi connectivity index (χ2v) is 4.42. The Labute approximate surface area is 93.0 Å². The van der Waals surface area contributed by atoms with E-state index < -0.39 is 12.6 Å². The highest BCUT2D eigenvalue weighted by molar-refractivity contribution is 8.03. The molecule has 0 bridgehead atoms. The van der Waals surface area contributed by atoms with E-state index in [9.17, 15) is 13.2 Å². The number of thioether (sulfide) groups is 1. The van der Waals surface area contributed by atoms with Gasteiger partial charge < -0.3 is 0 Å².